The number of carbonyl (C=O) groups is 1. The highest BCUT2D eigenvalue weighted by Gasteiger charge is 2.18. The number of esters is 1. The van der Waals surface area contributed by atoms with Gasteiger partial charge < -0.3 is 4.74 Å². The van der Waals surface area contributed by atoms with E-state index in [9.17, 15) is 13.6 Å². The zero-order chi connectivity index (χ0) is 11.7. The summed E-state index contributed by atoms with van der Waals surface area (Å²) in [5.41, 5.74) is -0.299. The highest BCUT2D eigenvalue weighted by atomic mass is 19.1. The fraction of sp³-hybridized carbons (Fsp3) is 0.0909. The number of halogens is 2. The normalized spacial score (nSPS) is 10.4. The topological polar surface area (TPSA) is 39.2 Å². The highest BCUT2D eigenvalue weighted by Crippen LogP contribution is 2.24. The molecule has 0 aliphatic heterocycles. The summed E-state index contributed by atoms with van der Waals surface area (Å²) < 4.78 is 31.3. The molecule has 1 heterocycles. The first-order valence-corrected chi connectivity index (χ1v) is 4.45. The largest absolute Gasteiger partial charge is 0.465 e. The van der Waals surface area contributed by atoms with Crippen LogP contribution in [0.4, 0.5) is 8.78 Å². The van der Waals surface area contributed by atoms with Gasteiger partial charge in [-0.1, -0.05) is 0 Å². The molecule has 82 valence electrons. The fourth-order valence-electron chi connectivity index (χ4n) is 1.50. The van der Waals surface area contributed by atoms with Gasteiger partial charge in [-0.05, 0) is 6.07 Å². The van der Waals surface area contributed by atoms with E-state index < -0.39 is 17.6 Å². The van der Waals surface area contributed by atoms with Gasteiger partial charge in [0.05, 0.1) is 7.11 Å². The van der Waals surface area contributed by atoms with Crippen molar-refractivity contribution in [2.45, 2.75) is 0 Å². The van der Waals surface area contributed by atoms with Crippen LogP contribution >= 0.6 is 0 Å². The van der Waals surface area contributed by atoms with Crippen molar-refractivity contribution in [3.05, 3.63) is 41.7 Å². The lowest BCUT2D eigenvalue weighted by molar-refractivity contribution is 0.0598. The Balaban J connectivity index is 2.87. The summed E-state index contributed by atoms with van der Waals surface area (Å²) in [6.45, 7) is 0. The van der Waals surface area contributed by atoms with Crippen LogP contribution in [-0.2, 0) is 4.74 Å². The molecular formula is C11H7F2NO2. The van der Waals surface area contributed by atoms with Gasteiger partial charge in [0.2, 0.25) is 0 Å². The van der Waals surface area contributed by atoms with Gasteiger partial charge in [-0.2, -0.15) is 0 Å². The number of fused-ring (bicyclic) bond motifs is 1. The van der Waals surface area contributed by atoms with Gasteiger partial charge in [0, 0.05) is 29.2 Å². The third-order valence-corrected chi connectivity index (χ3v) is 2.23. The molecule has 0 fully saturated rings. The minimum atomic E-state index is -0.954. The Morgan fingerprint density at radius 3 is 2.75 bits per heavy atom. The molecule has 0 radical (unpaired) electrons. The number of aromatic nitrogens is 1. The van der Waals surface area contributed by atoms with Gasteiger partial charge in [-0.25, -0.2) is 13.6 Å². The maximum absolute atomic E-state index is 13.4. The lowest BCUT2D eigenvalue weighted by atomic mass is 10.1. The van der Waals surface area contributed by atoms with E-state index in [0.29, 0.717) is 6.07 Å². The maximum atomic E-state index is 13.4. The van der Waals surface area contributed by atoms with E-state index in [1.54, 1.807) is 0 Å². The van der Waals surface area contributed by atoms with E-state index in [1.165, 1.54) is 18.5 Å². The summed E-state index contributed by atoms with van der Waals surface area (Å²) in [5.74, 6) is -2.54. The third-order valence-electron chi connectivity index (χ3n) is 2.23. The molecular weight excluding hydrogens is 216 g/mol. The minimum Gasteiger partial charge on any atom is -0.465 e. The van der Waals surface area contributed by atoms with Crippen molar-refractivity contribution in [1.29, 1.82) is 0 Å². The van der Waals surface area contributed by atoms with Crippen molar-refractivity contribution < 1.29 is 18.3 Å². The predicted molar refractivity (Wildman–Crippen MR) is 53.0 cm³/mol. The van der Waals surface area contributed by atoms with Gasteiger partial charge in [0.15, 0.2) is 0 Å². The Morgan fingerprint density at radius 1 is 1.31 bits per heavy atom. The number of benzene rings is 1. The summed E-state index contributed by atoms with van der Waals surface area (Å²) in [6.07, 6.45) is 2.60. The first kappa shape index (κ1) is 10.5. The Kier molecular flexibility index (Phi) is 2.52. The van der Waals surface area contributed by atoms with Crippen molar-refractivity contribution in [2.24, 2.45) is 0 Å². The molecule has 0 amide bonds. The molecule has 0 saturated heterocycles. The quantitative estimate of drug-likeness (QED) is 0.696. The van der Waals surface area contributed by atoms with Crippen LogP contribution in [0, 0.1) is 11.6 Å². The molecule has 1 aromatic carbocycles. The second-order valence-corrected chi connectivity index (χ2v) is 3.13. The molecule has 2 aromatic rings. The number of pyridine rings is 1. The van der Waals surface area contributed by atoms with E-state index in [0.717, 1.165) is 7.11 Å². The van der Waals surface area contributed by atoms with E-state index in [1.807, 2.05) is 0 Å². The average molecular weight is 223 g/mol. The second-order valence-electron chi connectivity index (χ2n) is 3.13. The van der Waals surface area contributed by atoms with Crippen molar-refractivity contribution in [3.63, 3.8) is 0 Å². The van der Waals surface area contributed by atoms with Crippen LogP contribution in [-0.4, -0.2) is 18.1 Å². The van der Waals surface area contributed by atoms with Gasteiger partial charge >= 0.3 is 5.97 Å². The Morgan fingerprint density at radius 2 is 2.06 bits per heavy atom. The third kappa shape index (κ3) is 1.50. The SMILES string of the molecule is COC(=O)c1c(F)cc(F)c2ccncc12. The van der Waals surface area contributed by atoms with Crippen LogP contribution in [0.1, 0.15) is 10.4 Å². The zero-order valence-electron chi connectivity index (χ0n) is 8.33. The van der Waals surface area contributed by atoms with E-state index in [-0.39, 0.29) is 16.3 Å². The number of nitrogens with zero attached hydrogens (tertiary/aromatic N) is 1. The molecule has 1 aromatic heterocycles. The monoisotopic (exact) mass is 223 g/mol. The zero-order valence-corrected chi connectivity index (χ0v) is 8.33. The average Bonchev–Trinajstić information content (AvgIpc) is 2.28. The number of carbonyl (C=O) groups excluding carboxylic acids is 1. The molecule has 16 heavy (non-hydrogen) atoms. The number of hydrogen-bond donors (Lipinski definition) is 0. The molecule has 0 aliphatic carbocycles. The van der Waals surface area contributed by atoms with Crippen molar-refractivity contribution in [2.75, 3.05) is 7.11 Å². The summed E-state index contributed by atoms with van der Waals surface area (Å²) in [7, 11) is 1.13. The number of ether oxygens (including phenoxy) is 1. The number of methoxy groups -OCH3 is 1. The van der Waals surface area contributed by atoms with Crippen molar-refractivity contribution >= 4 is 16.7 Å². The Hall–Kier alpha value is -2.04. The van der Waals surface area contributed by atoms with Crippen LogP contribution in [0.25, 0.3) is 10.8 Å². The smallest absolute Gasteiger partial charge is 0.341 e. The summed E-state index contributed by atoms with van der Waals surface area (Å²) in [6, 6.07) is 2.03. The lowest BCUT2D eigenvalue weighted by Crippen LogP contribution is -2.06. The van der Waals surface area contributed by atoms with Crippen LogP contribution in [0.2, 0.25) is 0 Å². The van der Waals surface area contributed by atoms with Gasteiger partial charge in [-0.15, -0.1) is 0 Å². The van der Waals surface area contributed by atoms with E-state index >= 15 is 0 Å². The molecule has 0 unspecified atom stereocenters. The fourth-order valence-corrected chi connectivity index (χ4v) is 1.50. The molecule has 0 atom stereocenters. The van der Waals surface area contributed by atoms with Crippen LogP contribution < -0.4 is 0 Å². The van der Waals surface area contributed by atoms with Crippen molar-refractivity contribution in [1.82, 2.24) is 4.98 Å². The van der Waals surface area contributed by atoms with Crippen LogP contribution in [0.15, 0.2) is 24.5 Å². The number of hydrogen-bond acceptors (Lipinski definition) is 3. The van der Waals surface area contributed by atoms with E-state index in [2.05, 4.69) is 9.72 Å². The summed E-state index contributed by atoms with van der Waals surface area (Å²) in [5, 5.41) is 0.239. The molecule has 5 heteroatoms. The van der Waals surface area contributed by atoms with Crippen LogP contribution in [0.5, 0.6) is 0 Å². The van der Waals surface area contributed by atoms with Gasteiger partial charge in [0.1, 0.15) is 17.2 Å². The van der Waals surface area contributed by atoms with Crippen molar-refractivity contribution in [3.8, 4) is 0 Å². The standard InChI is InChI=1S/C11H7F2NO2/c1-16-11(15)10-7-5-14-3-2-6(7)8(12)4-9(10)13/h2-5H,1H3. The minimum absolute atomic E-state index is 0.104. The summed E-state index contributed by atoms with van der Waals surface area (Å²) in [4.78, 5) is 15.1. The predicted octanol–water partition coefficient (Wildman–Crippen LogP) is 2.30. The lowest BCUT2D eigenvalue weighted by Gasteiger charge is -2.06. The van der Waals surface area contributed by atoms with Gasteiger partial charge in [-0.3, -0.25) is 4.98 Å². The molecule has 0 spiro atoms. The molecule has 0 saturated carbocycles. The van der Waals surface area contributed by atoms with E-state index in [4.69, 9.17) is 0 Å². The first-order chi connectivity index (χ1) is 7.65. The second kappa shape index (κ2) is 3.84. The highest BCUT2D eigenvalue weighted by molar-refractivity contribution is 6.04. The Bertz CT molecular complexity index is 569. The molecule has 0 bridgehead atoms. The Labute approximate surface area is 89.7 Å². The summed E-state index contributed by atoms with van der Waals surface area (Å²) >= 11 is 0. The molecule has 3 nitrogen and oxygen atoms in total. The molecule has 0 aliphatic rings. The number of rotatable bonds is 1. The van der Waals surface area contributed by atoms with Gasteiger partial charge in [0.25, 0.3) is 0 Å². The molecule has 2 rings (SSSR count). The molecule has 0 N–H and O–H groups in total. The van der Waals surface area contributed by atoms with Crippen LogP contribution in [0.3, 0.4) is 0 Å². The first-order valence-electron chi connectivity index (χ1n) is 4.45. The maximum Gasteiger partial charge on any atom is 0.341 e.